The summed E-state index contributed by atoms with van der Waals surface area (Å²) in [6, 6.07) is 4.05. The largest absolute Gasteiger partial charge is 0.272 e. The second-order valence-corrected chi connectivity index (χ2v) is 1.97. The molecule has 1 rings (SSSR count). The second kappa shape index (κ2) is 1.99. The van der Waals surface area contributed by atoms with Crippen molar-refractivity contribution in [1.82, 2.24) is 4.98 Å². The highest BCUT2D eigenvalue weighted by Crippen LogP contribution is 1.86. The molecule has 0 N–H and O–H groups in total. The van der Waals surface area contributed by atoms with E-state index in [1.165, 1.54) is 5.56 Å². The van der Waals surface area contributed by atoms with Gasteiger partial charge in [-0.25, -0.2) is 0 Å². The Hall–Kier alpha value is -0.785. The van der Waals surface area contributed by atoms with Crippen molar-refractivity contribution in [2.24, 2.45) is 0 Å². The van der Waals surface area contributed by atoms with Gasteiger partial charge in [0.25, 0.3) is 0 Å². The number of nitrogens with zero attached hydrogens (tertiary/aromatic N) is 1. The Morgan fingerprint density at radius 1 is 1.62 bits per heavy atom. The number of aryl methyl sites for hydroxylation is 1. The topological polar surface area (TPSA) is 12.9 Å². The molecular formula is C6H8BN. The second-order valence-electron chi connectivity index (χ2n) is 1.97. The zero-order valence-corrected chi connectivity index (χ0v) is 5.18. The number of hydrogen-bond acceptors (Lipinski definition) is 1. The Morgan fingerprint density at radius 2 is 2.38 bits per heavy atom. The molecule has 0 unspecified atom stereocenters. The van der Waals surface area contributed by atoms with Gasteiger partial charge < -0.3 is 0 Å². The van der Waals surface area contributed by atoms with Gasteiger partial charge in [-0.05, 0) is 30.2 Å². The normalized spacial score (nSPS) is 9.12. The van der Waals surface area contributed by atoms with Crippen molar-refractivity contribution < 1.29 is 0 Å². The third-order valence-electron chi connectivity index (χ3n) is 1.05. The number of aromatic nitrogens is 1. The first kappa shape index (κ1) is 5.35. The standard InChI is InChI=1S/C6H8BN/c1-5-2-3-8-6(7)4-5/h2-4H,7H2,1H3. The highest BCUT2D eigenvalue weighted by molar-refractivity contribution is 6.30. The van der Waals surface area contributed by atoms with Crippen LogP contribution in [0.3, 0.4) is 0 Å². The van der Waals surface area contributed by atoms with Crippen molar-refractivity contribution in [3.63, 3.8) is 0 Å². The lowest BCUT2D eigenvalue weighted by Gasteiger charge is -1.90. The van der Waals surface area contributed by atoms with E-state index >= 15 is 0 Å². The van der Waals surface area contributed by atoms with E-state index in [1.807, 2.05) is 20.1 Å². The fourth-order valence-electron chi connectivity index (χ4n) is 0.687. The summed E-state index contributed by atoms with van der Waals surface area (Å²) in [5.41, 5.74) is 2.36. The van der Waals surface area contributed by atoms with Crippen LogP contribution >= 0.6 is 0 Å². The van der Waals surface area contributed by atoms with Crippen molar-refractivity contribution >= 4 is 13.4 Å². The van der Waals surface area contributed by atoms with Crippen LogP contribution in [0.4, 0.5) is 0 Å². The fraction of sp³-hybridized carbons (Fsp3) is 0.167. The molecular weight excluding hydrogens is 96.9 g/mol. The van der Waals surface area contributed by atoms with Crippen LogP contribution in [0.15, 0.2) is 18.3 Å². The van der Waals surface area contributed by atoms with Crippen LogP contribution in [0.25, 0.3) is 0 Å². The molecule has 40 valence electrons. The summed E-state index contributed by atoms with van der Waals surface area (Å²) in [4.78, 5) is 4.04. The molecule has 1 heterocycles. The molecule has 0 aromatic carbocycles. The Kier molecular flexibility index (Phi) is 1.33. The summed E-state index contributed by atoms with van der Waals surface area (Å²) in [5.74, 6) is 0. The first-order valence-electron chi connectivity index (χ1n) is 2.68. The van der Waals surface area contributed by atoms with Crippen molar-refractivity contribution in [3.8, 4) is 0 Å². The quantitative estimate of drug-likeness (QED) is 0.411. The molecule has 0 aliphatic rings. The Morgan fingerprint density at radius 3 is 2.75 bits per heavy atom. The summed E-state index contributed by atoms with van der Waals surface area (Å²) in [5, 5.41) is 0. The van der Waals surface area contributed by atoms with Crippen molar-refractivity contribution in [3.05, 3.63) is 23.9 Å². The van der Waals surface area contributed by atoms with E-state index in [-0.39, 0.29) is 0 Å². The number of hydrogen-bond donors (Lipinski definition) is 0. The Bertz CT molecular complexity index is 168. The molecule has 0 aliphatic heterocycles. The zero-order chi connectivity index (χ0) is 5.98. The van der Waals surface area contributed by atoms with Gasteiger partial charge in [0.05, 0.1) is 0 Å². The number of rotatable bonds is 0. The van der Waals surface area contributed by atoms with E-state index in [2.05, 4.69) is 18.0 Å². The molecule has 2 heteroatoms. The minimum atomic E-state index is 1.09. The van der Waals surface area contributed by atoms with Gasteiger partial charge in [0.15, 0.2) is 7.85 Å². The fourth-order valence-corrected chi connectivity index (χ4v) is 0.687. The Balaban J connectivity index is 3.08. The van der Waals surface area contributed by atoms with Gasteiger partial charge in [-0.3, -0.25) is 4.98 Å². The molecule has 0 spiro atoms. The van der Waals surface area contributed by atoms with Crippen molar-refractivity contribution in [2.75, 3.05) is 0 Å². The van der Waals surface area contributed by atoms with Crippen LogP contribution in [0.5, 0.6) is 0 Å². The molecule has 0 amide bonds. The van der Waals surface area contributed by atoms with Crippen LogP contribution in [0, 0.1) is 6.92 Å². The SMILES string of the molecule is Bc1cc(C)ccn1. The van der Waals surface area contributed by atoms with Gasteiger partial charge in [-0.1, -0.05) is 0 Å². The van der Waals surface area contributed by atoms with E-state index in [4.69, 9.17) is 0 Å². The maximum atomic E-state index is 4.04. The molecule has 1 aromatic heterocycles. The summed E-state index contributed by atoms with van der Waals surface area (Å²) in [6.07, 6.45) is 1.82. The minimum Gasteiger partial charge on any atom is -0.272 e. The lowest BCUT2D eigenvalue weighted by atomic mass is 10.0. The summed E-state index contributed by atoms with van der Waals surface area (Å²) < 4.78 is 0. The molecule has 0 atom stereocenters. The van der Waals surface area contributed by atoms with E-state index in [9.17, 15) is 0 Å². The molecule has 1 aromatic rings. The molecule has 1 nitrogen and oxygen atoms in total. The van der Waals surface area contributed by atoms with E-state index in [1.54, 1.807) is 0 Å². The van der Waals surface area contributed by atoms with Gasteiger partial charge in [0.2, 0.25) is 0 Å². The lowest BCUT2D eigenvalue weighted by molar-refractivity contribution is 1.34. The van der Waals surface area contributed by atoms with Gasteiger partial charge in [0.1, 0.15) is 0 Å². The first-order chi connectivity index (χ1) is 3.79. The maximum Gasteiger partial charge on any atom is 0.163 e. The third kappa shape index (κ3) is 1.09. The predicted molar refractivity (Wildman–Crippen MR) is 37.2 cm³/mol. The molecule has 8 heavy (non-hydrogen) atoms. The number of pyridine rings is 1. The van der Waals surface area contributed by atoms with Gasteiger partial charge >= 0.3 is 0 Å². The van der Waals surface area contributed by atoms with Crippen molar-refractivity contribution in [1.29, 1.82) is 0 Å². The summed E-state index contributed by atoms with van der Waals surface area (Å²) >= 11 is 0. The van der Waals surface area contributed by atoms with E-state index in [0.29, 0.717) is 0 Å². The molecule has 0 radical (unpaired) electrons. The average molecular weight is 105 g/mol. The van der Waals surface area contributed by atoms with Crippen LogP contribution in [-0.2, 0) is 0 Å². The van der Waals surface area contributed by atoms with E-state index < -0.39 is 0 Å². The Labute approximate surface area is 50.2 Å². The molecule has 0 saturated heterocycles. The van der Waals surface area contributed by atoms with Crippen LogP contribution < -0.4 is 5.59 Å². The van der Waals surface area contributed by atoms with Gasteiger partial charge in [-0.2, -0.15) is 0 Å². The smallest absolute Gasteiger partial charge is 0.163 e. The molecule has 0 bridgehead atoms. The van der Waals surface area contributed by atoms with Crippen molar-refractivity contribution in [2.45, 2.75) is 6.92 Å². The lowest BCUT2D eigenvalue weighted by Crippen LogP contribution is -2.06. The maximum absolute atomic E-state index is 4.04. The van der Waals surface area contributed by atoms with Crippen LogP contribution in [-0.4, -0.2) is 12.8 Å². The van der Waals surface area contributed by atoms with Gasteiger partial charge in [0, 0.05) is 6.20 Å². The average Bonchev–Trinajstić information content (AvgIpc) is 1.64. The van der Waals surface area contributed by atoms with E-state index in [0.717, 1.165) is 5.59 Å². The highest BCUT2D eigenvalue weighted by Gasteiger charge is 1.82. The van der Waals surface area contributed by atoms with Crippen LogP contribution in [0.2, 0.25) is 0 Å². The zero-order valence-electron chi connectivity index (χ0n) is 5.18. The minimum absolute atomic E-state index is 1.09. The van der Waals surface area contributed by atoms with Gasteiger partial charge in [-0.15, -0.1) is 0 Å². The predicted octanol–water partition coefficient (Wildman–Crippen LogP) is -0.352. The summed E-state index contributed by atoms with van der Waals surface area (Å²) in [6.45, 7) is 2.06. The molecule has 0 aliphatic carbocycles. The van der Waals surface area contributed by atoms with Crippen LogP contribution in [0.1, 0.15) is 5.56 Å². The molecule has 0 fully saturated rings. The summed E-state index contributed by atoms with van der Waals surface area (Å²) in [7, 11) is 1.99. The monoisotopic (exact) mass is 105 g/mol. The molecule has 0 saturated carbocycles. The highest BCUT2D eigenvalue weighted by atomic mass is 14.6. The third-order valence-corrected chi connectivity index (χ3v) is 1.05. The first-order valence-corrected chi connectivity index (χ1v) is 2.68.